The maximum atomic E-state index is 14.2. The van der Waals surface area contributed by atoms with Crippen LogP contribution in [0.4, 0.5) is 10.2 Å². The highest BCUT2D eigenvalue weighted by Gasteiger charge is 2.22. The molecule has 2 heterocycles. The molecule has 1 saturated heterocycles. The van der Waals surface area contributed by atoms with Crippen LogP contribution in [0.25, 0.3) is 0 Å². The molecule has 1 fully saturated rings. The summed E-state index contributed by atoms with van der Waals surface area (Å²) in [5.41, 5.74) is 0.388. The third-order valence-electron chi connectivity index (χ3n) is 4.25. The molecule has 0 bridgehead atoms. The van der Waals surface area contributed by atoms with Crippen molar-refractivity contribution in [2.75, 3.05) is 25.1 Å². The van der Waals surface area contributed by atoms with Crippen molar-refractivity contribution in [1.82, 2.24) is 15.3 Å². The van der Waals surface area contributed by atoms with Gasteiger partial charge in [-0.05, 0) is 18.9 Å². The van der Waals surface area contributed by atoms with Gasteiger partial charge in [0.15, 0.2) is 17.4 Å². The van der Waals surface area contributed by atoms with Gasteiger partial charge in [-0.1, -0.05) is 12.1 Å². The number of nitrogens with zero attached hydrogens (tertiary/aromatic N) is 2. The van der Waals surface area contributed by atoms with Gasteiger partial charge in [-0.2, -0.15) is 0 Å². The first-order valence-electron chi connectivity index (χ1n) is 8.02. The zero-order valence-corrected chi connectivity index (χ0v) is 13.6. The minimum atomic E-state index is -0.332. The van der Waals surface area contributed by atoms with Crippen LogP contribution in [-0.2, 0) is 6.54 Å². The Hall–Kier alpha value is -2.41. The van der Waals surface area contributed by atoms with Gasteiger partial charge >= 0.3 is 0 Å². The number of benzene rings is 1. The van der Waals surface area contributed by atoms with Gasteiger partial charge in [0.05, 0.1) is 7.11 Å². The molecule has 0 spiro atoms. The molecule has 1 aromatic heterocycles. The molecule has 24 heavy (non-hydrogen) atoms. The van der Waals surface area contributed by atoms with Gasteiger partial charge < -0.3 is 19.9 Å². The zero-order valence-electron chi connectivity index (χ0n) is 13.6. The SMILES string of the molecule is COc1cccc(CNC2CCCN(c3ncc[nH]c3=O)C2)c1F. The summed E-state index contributed by atoms with van der Waals surface area (Å²) in [7, 11) is 1.46. The van der Waals surface area contributed by atoms with Crippen molar-refractivity contribution in [1.29, 1.82) is 0 Å². The van der Waals surface area contributed by atoms with E-state index in [2.05, 4.69) is 15.3 Å². The quantitative estimate of drug-likeness (QED) is 0.872. The van der Waals surface area contributed by atoms with Crippen molar-refractivity contribution in [3.8, 4) is 5.75 Å². The van der Waals surface area contributed by atoms with Crippen molar-refractivity contribution in [2.24, 2.45) is 0 Å². The van der Waals surface area contributed by atoms with Gasteiger partial charge in [0.2, 0.25) is 0 Å². The number of aromatic amines is 1. The molecule has 6 nitrogen and oxygen atoms in total. The smallest absolute Gasteiger partial charge is 0.290 e. The van der Waals surface area contributed by atoms with E-state index in [1.165, 1.54) is 13.3 Å². The first-order chi connectivity index (χ1) is 11.7. The molecule has 1 aliphatic rings. The van der Waals surface area contributed by atoms with Gasteiger partial charge in [0.1, 0.15) is 0 Å². The summed E-state index contributed by atoms with van der Waals surface area (Å²) in [5.74, 6) is 0.359. The molecule has 1 aliphatic heterocycles. The van der Waals surface area contributed by atoms with Crippen LogP contribution >= 0.6 is 0 Å². The van der Waals surface area contributed by atoms with Crippen molar-refractivity contribution in [3.05, 3.63) is 52.3 Å². The van der Waals surface area contributed by atoms with Crippen LogP contribution in [-0.4, -0.2) is 36.2 Å². The number of H-pyrrole nitrogens is 1. The van der Waals surface area contributed by atoms with Crippen LogP contribution in [0, 0.1) is 5.82 Å². The van der Waals surface area contributed by atoms with Crippen LogP contribution < -0.4 is 20.5 Å². The molecule has 1 unspecified atom stereocenters. The van der Waals surface area contributed by atoms with Crippen molar-refractivity contribution in [2.45, 2.75) is 25.4 Å². The molecule has 0 saturated carbocycles. The molecule has 0 radical (unpaired) electrons. The van der Waals surface area contributed by atoms with Crippen molar-refractivity contribution >= 4 is 5.82 Å². The predicted octanol–water partition coefficient (Wildman–Crippen LogP) is 1.68. The first-order valence-corrected chi connectivity index (χ1v) is 8.02. The minimum absolute atomic E-state index is 0.172. The van der Waals surface area contributed by atoms with Gasteiger partial charge in [0.25, 0.3) is 5.56 Å². The average Bonchev–Trinajstić information content (AvgIpc) is 2.61. The number of ether oxygens (including phenoxy) is 1. The van der Waals surface area contributed by atoms with E-state index >= 15 is 0 Å². The van der Waals surface area contributed by atoms with Crippen LogP contribution in [0.3, 0.4) is 0 Å². The molecule has 7 heteroatoms. The average molecular weight is 332 g/mol. The van der Waals surface area contributed by atoms with E-state index in [4.69, 9.17) is 4.74 Å². The summed E-state index contributed by atoms with van der Waals surface area (Å²) in [6.07, 6.45) is 5.04. The summed E-state index contributed by atoms with van der Waals surface area (Å²) in [4.78, 5) is 20.7. The number of anilines is 1. The lowest BCUT2D eigenvalue weighted by atomic mass is 10.1. The Morgan fingerprint density at radius 2 is 2.38 bits per heavy atom. The number of halogens is 1. The second kappa shape index (κ2) is 7.44. The van der Waals surface area contributed by atoms with E-state index < -0.39 is 0 Å². The Kier molecular flexibility index (Phi) is 5.10. The number of hydrogen-bond donors (Lipinski definition) is 2. The second-order valence-corrected chi connectivity index (χ2v) is 5.84. The van der Waals surface area contributed by atoms with Crippen LogP contribution in [0.2, 0.25) is 0 Å². The van der Waals surface area contributed by atoms with Gasteiger partial charge in [0, 0.05) is 43.6 Å². The number of piperidine rings is 1. The zero-order chi connectivity index (χ0) is 16.9. The highest BCUT2D eigenvalue weighted by Crippen LogP contribution is 2.20. The van der Waals surface area contributed by atoms with E-state index in [0.29, 0.717) is 24.5 Å². The maximum absolute atomic E-state index is 14.2. The first kappa shape index (κ1) is 16.4. The minimum Gasteiger partial charge on any atom is -0.494 e. The lowest BCUT2D eigenvalue weighted by Gasteiger charge is -2.33. The lowest BCUT2D eigenvalue weighted by Crippen LogP contribution is -2.47. The van der Waals surface area contributed by atoms with Crippen LogP contribution in [0.5, 0.6) is 5.75 Å². The number of rotatable bonds is 5. The number of methoxy groups -OCH3 is 1. The maximum Gasteiger partial charge on any atom is 0.290 e. The Morgan fingerprint density at radius 1 is 1.50 bits per heavy atom. The molecule has 1 atom stereocenters. The molecular weight excluding hydrogens is 311 g/mol. The Morgan fingerprint density at radius 3 is 3.17 bits per heavy atom. The molecule has 1 aromatic carbocycles. The Labute approximate surface area is 139 Å². The largest absolute Gasteiger partial charge is 0.494 e. The summed E-state index contributed by atoms with van der Waals surface area (Å²) in [6.45, 7) is 1.89. The number of nitrogens with one attached hydrogen (secondary N) is 2. The highest BCUT2D eigenvalue weighted by molar-refractivity contribution is 5.36. The second-order valence-electron chi connectivity index (χ2n) is 5.84. The Balaban J connectivity index is 1.64. The topological polar surface area (TPSA) is 70.2 Å². The molecule has 2 aromatic rings. The molecule has 128 valence electrons. The molecule has 3 rings (SSSR count). The molecule has 0 aliphatic carbocycles. The van der Waals surface area contributed by atoms with Gasteiger partial charge in [-0.3, -0.25) is 4.79 Å². The normalized spacial score (nSPS) is 17.8. The van der Waals surface area contributed by atoms with Crippen LogP contribution in [0.15, 0.2) is 35.4 Å². The fraction of sp³-hybridized carbons (Fsp3) is 0.412. The summed E-state index contributed by atoms with van der Waals surface area (Å²) < 4.78 is 19.2. The van der Waals surface area contributed by atoms with Crippen molar-refractivity contribution < 1.29 is 9.13 Å². The lowest BCUT2D eigenvalue weighted by molar-refractivity contribution is 0.379. The van der Waals surface area contributed by atoms with E-state index in [-0.39, 0.29) is 23.2 Å². The summed E-state index contributed by atoms with van der Waals surface area (Å²) in [6, 6.07) is 5.30. The van der Waals surface area contributed by atoms with Crippen LogP contribution in [0.1, 0.15) is 18.4 Å². The molecular formula is C17H21FN4O2. The third kappa shape index (κ3) is 3.56. The van der Waals surface area contributed by atoms with Crippen molar-refractivity contribution in [3.63, 3.8) is 0 Å². The monoisotopic (exact) mass is 332 g/mol. The molecule has 0 amide bonds. The fourth-order valence-corrected chi connectivity index (χ4v) is 3.01. The number of aromatic nitrogens is 2. The van der Waals surface area contributed by atoms with E-state index in [1.807, 2.05) is 4.90 Å². The highest BCUT2D eigenvalue weighted by atomic mass is 19.1. The van der Waals surface area contributed by atoms with E-state index in [9.17, 15) is 9.18 Å². The summed E-state index contributed by atoms with van der Waals surface area (Å²) >= 11 is 0. The van der Waals surface area contributed by atoms with Gasteiger partial charge in [-0.25, -0.2) is 9.37 Å². The fourth-order valence-electron chi connectivity index (χ4n) is 3.01. The predicted molar refractivity (Wildman–Crippen MR) is 89.9 cm³/mol. The third-order valence-corrected chi connectivity index (χ3v) is 4.25. The summed E-state index contributed by atoms with van der Waals surface area (Å²) in [5, 5.41) is 3.37. The standard InChI is InChI=1S/C17H21FN4O2/c1-24-14-6-2-4-12(15(14)18)10-21-13-5-3-9-22(11-13)16-17(23)20-8-7-19-16/h2,4,6-8,13,21H,3,5,9-11H2,1H3,(H,20,23). The van der Waals surface area contributed by atoms with Gasteiger partial charge in [-0.15, -0.1) is 0 Å². The van der Waals surface area contributed by atoms with E-state index in [1.54, 1.807) is 24.4 Å². The van der Waals surface area contributed by atoms with E-state index in [0.717, 1.165) is 19.4 Å². The number of hydrogen-bond acceptors (Lipinski definition) is 5. The Bertz CT molecular complexity index is 749. The molecule has 2 N–H and O–H groups in total.